The number of carbonyl (C=O) groups excluding carboxylic acids is 1. The summed E-state index contributed by atoms with van der Waals surface area (Å²) in [5.74, 6) is -2.03. The minimum atomic E-state index is -0.838. The van der Waals surface area contributed by atoms with Gasteiger partial charge < -0.3 is 0 Å². The Balaban J connectivity index is 2.13. The number of Topliss-reactive ketones (excluding diaryl/α,β-unsaturated/α-hetero) is 1. The number of benzene rings is 1. The first kappa shape index (κ1) is 12.2. The molecule has 0 radical (unpaired) electrons. The third kappa shape index (κ3) is 2.69. The molecule has 2 rings (SSSR count). The minimum absolute atomic E-state index is 0.0900. The largest absolute Gasteiger partial charge is 0.291 e. The van der Waals surface area contributed by atoms with Crippen LogP contribution >= 0.6 is 0 Å². The number of rotatable bonds is 4. The lowest BCUT2D eigenvalue weighted by atomic mass is 10.2. The van der Waals surface area contributed by atoms with Crippen LogP contribution in [0.1, 0.15) is 12.8 Å². The predicted octanol–water partition coefficient (Wildman–Crippen LogP) is 2.24. The van der Waals surface area contributed by atoms with E-state index in [-0.39, 0.29) is 23.1 Å². The molecule has 92 valence electrons. The molecule has 1 N–H and O–H groups in total. The Morgan fingerprint density at radius 3 is 2.72 bits per heavy atom. The number of hydrazone groups is 1. The lowest BCUT2D eigenvalue weighted by Gasteiger charge is -2.02. The number of carbonyl (C=O) groups is 1. The molecule has 0 bridgehead atoms. The SMILES string of the molecule is N#C/C(=N/Nc1ccc(F)cc1F)C(=O)C1CC1. The number of halogens is 2. The van der Waals surface area contributed by atoms with E-state index in [2.05, 4.69) is 10.5 Å². The van der Waals surface area contributed by atoms with Crippen LogP contribution in [0.5, 0.6) is 0 Å². The molecular weight excluding hydrogens is 240 g/mol. The van der Waals surface area contributed by atoms with Crippen molar-refractivity contribution in [3.05, 3.63) is 29.8 Å². The van der Waals surface area contributed by atoms with Gasteiger partial charge in [-0.15, -0.1) is 0 Å². The third-order valence-electron chi connectivity index (χ3n) is 2.51. The molecule has 1 saturated carbocycles. The smallest absolute Gasteiger partial charge is 0.203 e. The average Bonchev–Trinajstić information content (AvgIpc) is 3.16. The molecule has 1 aromatic rings. The molecule has 0 aromatic heterocycles. The summed E-state index contributed by atoms with van der Waals surface area (Å²) in [5.41, 5.74) is 1.88. The molecule has 0 spiro atoms. The zero-order valence-corrected chi connectivity index (χ0v) is 9.28. The van der Waals surface area contributed by atoms with Crippen molar-refractivity contribution in [3.63, 3.8) is 0 Å². The van der Waals surface area contributed by atoms with Gasteiger partial charge in [0.15, 0.2) is 11.6 Å². The van der Waals surface area contributed by atoms with Crippen LogP contribution in [-0.4, -0.2) is 11.5 Å². The Hall–Kier alpha value is -2.29. The number of hydrogen-bond acceptors (Lipinski definition) is 4. The van der Waals surface area contributed by atoms with Crippen LogP contribution in [-0.2, 0) is 4.79 Å². The zero-order valence-electron chi connectivity index (χ0n) is 9.28. The van der Waals surface area contributed by atoms with Crippen LogP contribution in [0.2, 0.25) is 0 Å². The number of anilines is 1. The lowest BCUT2D eigenvalue weighted by molar-refractivity contribution is -0.113. The standard InChI is InChI=1S/C12H9F2N3O/c13-8-3-4-10(9(14)5-8)16-17-11(6-15)12(18)7-1-2-7/h3-5,7,16H,1-2H2/b17-11-. The molecule has 0 heterocycles. The van der Waals surface area contributed by atoms with E-state index in [1.165, 1.54) is 0 Å². The van der Waals surface area contributed by atoms with Crippen LogP contribution in [0, 0.1) is 28.9 Å². The van der Waals surface area contributed by atoms with E-state index in [1.54, 1.807) is 6.07 Å². The fourth-order valence-electron chi connectivity index (χ4n) is 1.37. The van der Waals surface area contributed by atoms with Gasteiger partial charge in [0.05, 0.1) is 5.69 Å². The van der Waals surface area contributed by atoms with Crippen LogP contribution in [0.3, 0.4) is 0 Å². The number of hydrogen-bond donors (Lipinski definition) is 1. The highest BCUT2D eigenvalue weighted by Gasteiger charge is 2.33. The van der Waals surface area contributed by atoms with Gasteiger partial charge in [0.25, 0.3) is 0 Å². The quantitative estimate of drug-likeness (QED) is 0.657. The topological polar surface area (TPSA) is 65.2 Å². The second-order valence-electron chi connectivity index (χ2n) is 3.95. The van der Waals surface area contributed by atoms with Crippen molar-refractivity contribution in [1.29, 1.82) is 5.26 Å². The Morgan fingerprint density at radius 1 is 1.44 bits per heavy atom. The van der Waals surface area contributed by atoms with Gasteiger partial charge in [0, 0.05) is 12.0 Å². The highest BCUT2D eigenvalue weighted by Crippen LogP contribution is 2.30. The molecule has 6 heteroatoms. The molecular formula is C12H9F2N3O. The highest BCUT2D eigenvalue weighted by atomic mass is 19.1. The van der Waals surface area contributed by atoms with Crippen molar-refractivity contribution in [1.82, 2.24) is 0 Å². The zero-order chi connectivity index (χ0) is 13.1. The predicted molar refractivity (Wildman–Crippen MR) is 60.8 cm³/mol. The Bertz CT molecular complexity index is 559. The van der Waals surface area contributed by atoms with E-state index in [0.29, 0.717) is 6.07 Å². The van der Waals surface area contributed by atoms with Crippen molar-refractivity contribution >= 4 is 17.2 Å². The molecule has 0 unspecified atom stereocenters. The van der Waals surface area contributed by atoms with Gasteiger partial charge in [-0.3, -0.25) is 10.2 Å². The Morgan fingerprint density at radius 2 is 2.17 bits per heavy atom. The second-order valence-corrected chi connectivity index (χ2v) is 3.95. The van der Waals surface area contributed by atoms with Crippen molar-refractivity contribution in [2.24, 2.45) is 11.0 Å². The molecule has 1 aliphatic rings. The van der Waals surface area contributed by atoms with Crippen LogP contribution < -0.4 is 5.43 Å². The van der Waals surface area contributed by atoms with E-state index in [0.717, 1.165) is 25.0 Å². The van der Waals surface area contributed by atoms with Gasteiger partial charge in [0.2, 0.25) is 5.71 Å². The highest BCUT2D eigenvalue weighted by molar-refractivity contribution is 6.47. The number of nitrogens with zero attached hydrogens (tertiary/aromatic N) is 2. The van der Waals surface area contributed by atoms with Crippen molar-refractivity contribution in [2.75, 3.05) is 5.43 Å². The van der Waals surface area contributed by atoms with Crippen molar-refractivity contribution < 1.29 is 13.6 Å². The maximum atomic E-state index is 13.2. The summed E-state index contributed by atoms with van der Waals surface area (Å²) < 4.78 is 25.9. The first-order valence-electron chi connectivity index (χ1n) is 5.35. The fourth-order valence-corrected chi connectivity index (χ4v) is 1.37. The molecule has 1 aromatic carbocycles. The van der Waals surface area contributed by atoms with E-state index in [1.807, 2.05) is 0 Å². The molecule has 0 atom stereocenters. The lowest BCUT2D eigenvalue weighted by Crippen LogP contribution is -2.15. The molecule has 0 aliphatic heterocycles. The molecule has 4 nitrogen and oxygen atoms in total. The van der Waals surface area contributed by atoms with Gasteiger partial charge in [-0.25, -0.2) is 8.78 Å². The van der Waals surface area contributed by atoms with Crippen molar-refractivity contribution in [3.8, 4) is 6.07 Å². The third-order valence-corrected chi connectivity index (χ3v) is 2.51. The van der Waals surface area contributed by atoms with Gasteiger partial charge in [-0.2, -0.15) is 10.4 Å². The maximum absolute atomic E-state index is 13.2. The normalized spacial score (nSPS) is 15.1. The van der Waals surface area contributed by atoms with Crippen molar-refractivity contribution in [2.45, 2.75) is 12.8 Å². The van der Waals surface area contributed by atoms with Crippen LogP contribution in [0.25, 0.3) is 0 Å². The van der Waals surface area contributed by atoms with Gasteiger partial charge in [-0.1, -0.05) is 0 Å². The summed E-state index contributed by atoms with van der Waals surface area (Å²) in [4.78, 5) is 11.5. The number of nitriles is 1. The second kappa shape index (κ2) is 4.92. The number of nitrogens with one attached hydrogen (secondary N) is 1. The summed E-state index contributed by atoms with van der Waals surface area (Å²) in [6.07, 6.45) is 1.51. The maximum Gasteiger partial charge on any atom is 0.203 e. The van der Waals surface area contributed by atoms with E-state index >= 15 is 0 Å². The summed E-state index contributed by atoms with van der Waals surface area (Å²) in [6, 6.07) is 4.55. The number of ketones is 1. The molecule has 18 heavy (non-hydrogen) atoms. The first-order valence-corrected chi connectivity index (χ1v) is 5.35. The summed E-state index contributed by atoms with van der Waals surface area (Å²) >= 11 is 0. The first-order chi connectivity index (χ1) is 8.61. The fraction of sp³-hybridized carbons (Fsp3) is 0.250. The van der Waals surface area contributed by atoms with Gasteiger partial charge in [0.1, 0.15) is 11.9 Å². The molecule has 0 saturated heterocycles. The molecule has 1 aliphatic carbocycles. The Kier molecular flexibility index (Phi) is 3.33. The summed E-state index contributed by atoms with van der Waals surface area (Å²) in [6.45, 7) is 0. The summed E-state index contributed by atoms with van der Waals surface area (Å²) in [7, 11) is 0. The van der Waals surface area contributed by atoms with E-state index in [9.17, 15) is 13.6 Å². The molecule has 1 fully saturated rings. The van der Waals surface area contributed by atoms with E-state index in [4.69, 9.17) is 5.26 Å². The van der Waals surface area contributed by atoms with Crippen LogP contribution in [0.15, 0.2) is 23.3 Å². The van der Waals surface area contributed by atoms with E-state index < -0.39 is 11.6 Å². The summed E-state index contributed by atoms with van der Waals surface area (Å²) in [5, 5.41) is 12.3. The minimum Gasteiger partial charge on any atom is -0.291 e. The monoisotopic (exact) mass is 249 g/mol. The van der Waals surface area contributed by atoms with Gasteiger partial charge >= 0.3 is 0 Å². The molecule has 0 amide bonds. The van der Waals surface area contributed by atoms with Crippen LogP contribution in [0.4, 0.5) is 14.5 Å². The average molecular weight is 249 g/mol. The Labute approximate surface area is 102 Å². The van der Waals surface area contributed by atoms with Gasteiger partial charge in [-0.05, 0) is 25.0 Å².